The first-order valence-corrected chi connectivity index (χ1v) is 13.4. The number of aromatic nitrogens is 2. The highest BCUT2D eigenvalue weighted by Crippen LogP contribution is 2.45. The largest absolute Gasteiger partial charge is 0.451 e. The van der Waals surface area contributed by atoms with Gasteiger partial charge in [0.05, 0.1) is 18.3 Å². The summed E-state index contributed by atoms with van der Waals surface area (Å²) in [6, 6.07) is 2.88. The number of carbonyl (C=O) groups excluding carboxylic acids is 2. The third-order valence-corrected chi connectivity index (χ3v) is 7.10. The summed E-state index contributed by atoms with van der Waals surface area (Å²) >= 11 is 0. The van der Waals surface area contributed by atoms with Crippen LogP contribution in [0.4, 0.5) is 23.8 Å². The van der Waals surface area contributed by atoms with Crippen LogP contribution in [0.15, 0.2) is 30.7 Å². The highest BCUT2D eigenvalue weighted by atomic mass is 19.3. The molecular weight excluding hydrogens is 527 g/mol. The molecule has 3 heterocycles. The molecule has 1 spiro atoms. The number of rotatable bonds is 7. The molecule has 218 valence electrons. The molecule has 0 radical (unpaired) electrons. The lowest BCUT2D eigenvalue weighted by Crippen LogP contribution is -2.61. The molecule has 1 aromatic carbocycles. The minimum Gasteiger partial charge on any atom is -0.451 e. The Labute approximate surface area is 232 Å². The number of alkyl halides is 2. The van der Waals surface area contributed by atoms with E-state index in [4.69, 9.17) is 9.47 Å². The average Bonchev–Trinajstić information content (AvgIpc) is 2.85. The van der Waals surface area contributed by atoms with Gasteiger partial charge in [-0.2, -0.15) is 0 Å². The molecule has 2 amide bonds. The van der Waals surface area contributed by atoms with Gasteiger partial charge in [-0.25, -0.2) is 27.9 Å². The van der Waals surface area contributed by atoms with Crippen LogP contribution in [0.25, 0.3) is 0 Å². The summed E-state index contributed by atoms with van der Waals surface area (Å²) in [4.78, 5) is 38.8. The molecule has 2 aliphatic rings. The SMILES string of the molecule is CC(C)N(CC(F)F)C(=O)c1cc(F)ccc1Oc1cncnc1N1CC2(CCN(C(=O)OC(C)(C)C)CC2)C1. The summed E-state index contributed by atoms with van der Waals surface area (Å²) in [5.74, 6) is -0.671. The van der Waals surface area contributed by atoms with Crippen molar-refractivity contribution in [1.29, 1.82) is 0 Å². The van der Waals surface area contributed by atoms with Crippen molar-refractivity contribution in [1.82, 2.24) is 19.8 Å². The number of carbonyl (C=O) groups is 2. The number of anilines is 1. The summed E-state index contributed by atoms with van der Waals surface area (Å²) < 4.78 is 52.0. The van der Waals surface area contributed by atoms with Crippen LogP contribution in [0, 0.1) is 11.2 Å². The van der Waals surface area contributed by atoms with Gasteiger partial charge in [-0.05, 0) is 65.7 Å². The second-order valence-corrected chi connectivity index (χ2v) is 11.7. The summed E-state index contributed by atoms with van der Waals surface area (Å²) in [6.45, 7) is 10.5. The van der Waals surface area contributed by atoms with Crippen LogP contribution in [0.5, 0.6) is 11.5 Å². The number of piperidine rings is 1. The second-order valence-electron chi connectivity index (χ2n) is 11.7. The summed E-state index contributed by atoms with van der Waals surface area (Å²) in [5.41, 5.74) is -0.697. The van der Waals surface area contributed by atoms with E-state index in [2.05, 4.69) is 9.97 Å². The van der Waals surface area contributed by atoms with Crippen molar-refractivity contribution in [2.75, 3.05) is 37.6 Å². The molecule has 0 unspecified atom stereocenters. The van der Waals surface area contributed by atoms with E-state index in [0.717, 1.165) is 29.9 Å². The van der Waals surface area contributed by atoms with Crippen molar-refractivity contribution in [2.45, 2.75) is 65.5 Å². The van der Waals surface area contributed by atoms with E-state index in [0.29, 0.717) is 32.0 Å². The maximum absolute atomic E-state index is 14.2. The number of likely N-dealkylation sites (tertiary alicyclic amines) is 1. The van der Waals surface area contributed by atoms with Gasteiger partial charge in [0.25, 0.3) is 12.3 Å². The smallest absolute Gasteiger partial charge is 0.410 e. The Morgan fingerprint density at radius 3 is 2.40 bits per heavy atom. The molecule has 0 N–H and O–H groups in total. The number of hydrogen-bond acceptors (Lipinski definition) is 7. The van der Waals surface area contributed by atoms with Crippen molar-refractivity contribution < 1.29 is 32.2 Å². The molecule has 0 atom stereocenters. The van der Waals surface area contributed by atoms with Crippen molar-refractivity contribution in [3.05, 3.63) is 42.1 Å². The van der Waals surface area contributed by atoms with E-state index in [9.17, 15) is 22.8 Å². The molecule has 9 nitrogen and oxygen atoms in total. The van der Waals surface area contributed by atoms with E-state index in [1.807, 2.05) is 25.7 Å². The molecule has 0 saturated carbocycles. The number of ether oxygens (including phenoxy) is 2. The van der Waals surface area contributed by atoms with Crippen LogP contribution in [0.1, 0.15) is 57.8 Å². The monoisotopic (exact) mass is 563 g/mol. The fourth-order valence-corrected chi connectivity index (χ4v) is 5.05. The fraction of sp³-hybridized carbons (Fsp3) is 0.571. The molecule has 4 rings (SSSR count). The molecule has 2 saturated heterocycles. The molecule has 12 heteroatoms. The fourth-order valence-electron chi connectivity index (χ4n) is 5.05. The first-order valence-electron chi connectivity index (χ1n) is 13.4. The zero-order valence-corrected chi connectivity index (χ0v) is 23.5. The minimum absolute atomic E-state index is 0.0169. The third kappa shape index (κ3) is 6.76. The minimum atomic E-state index is -2.74. The van der Waals surface area contributed by atoms with E-state index in [1.165, 1.54) is 18.6 Å². The van der Waals surface area contributed by atoms with Crippen LogP contribution in [0.3, 0.4) is 0 Å². The Bertz CT molecular complexity index is 1220. The quantitative estimate of drug-likeness (QED) is 0.448. The molecule has 2 aromatic rings. The molecule has 0 aliphatic carbocycles. The number of benzene rings is 1. The van der Waals surface area contributed by atoms with Crippen molar-refractivity contribution in [3.63, 3.8) is 0 Å². The zero-order chi connectivity index (χ0) is 29.2. The van der Waals surface area contributed by atoms with Gasteiger partial charge in [0, 0.05) is 37.6 Å². The van der Waals surface area contributed by atoms with Gasteiger partial charge >= 0.3 is 6.09 Å². The number of amides is 2. The molecule has 0 bridgehead atoms. The number of nitrogens with zero attached hydrogens (tertiary/aromatic N) is 5. The van der Waals surface area contributed by atoms with Crippen LogP contribution >= 0.6 is 0 Å². The Morgan fingerprint density at radius 2 is 1.80 bits per heavy atom. The van der Waals surface area contributed by atoms with Gasteiger partial charge in [0.15, 0.2) is 11.6 Å². The first-order chi connectivity index (χ1) is 18.8. The number of hydrogen-bond donors (Lipinski definition) is 0. The van der Waals surface area contributed by atoms with Crippen LogP contribution in [0.2, 0.25) is 0 Å². The highest BCUT2D eigenvalue weighted by molar-refractivity contribution is 5.97. The summed E-state index contributed by atoms with van der Waals surface area (Å²) in [6.07, 6.45) is 1.42. The molecular formula is C28H36F3N5O4. The Kier molecular flexibility index (Phi) is 8.46. The van der Waals surface area contributed by atoms with E-state index in [1.54, 1.807) is 18.7 Å². The van der Waals surface area contributed by atoms with Crippen molar-refractivity contribution in [3.8, 4) is 11.5 Å². The lowest BCUT2D eigenvalue weighted by Gasteiger charge is -2.54. The summed E-state index contributed by atoms with van der Waals surface area (Å²) in [5, 5.41) is 0. The van der Waals surface area contributed by atoms with E-state index in [-0.39, 0.29) is 28.6 Å². The summed E-state index contributed by atoms with van der Waals surface area (Å²) in [7, 11) is 0. The third-order valence-electron chi connectivity index (χ3n) is 7.10. The Hall–Kier alpha value is -3.57. The molecule has 40 heavy (non-hydrogen) atoms. The standard InChI is InChI=1S/C28H36F3N5O4/c1-18(2)36(14-23(30)31)25(37)20-12-19(29)6-7-21(20)39-22-13-32-17-33-24(22)35-15-28(16-35)8-10-34(11-9-28)26(38)40-27(3,4)5/h6-7,12-13,17-18,23H,8-11,14-16H2,1-5H3. The van der Waals surface area contributed by atoms with Gasteiger partial charge in [0.2, 0.25) is 0 Å². The van der Waals surface area contributed by atoms with Crippen LogP contribution < -0.4 is 9.64 Å². The van der Waals surface area contributed by atoms with Gasteiger partial charge in [0.1, 0.15) is 23.5 Å². The number of halogens is 3. The predicted molar refractivity (Wildman–Crippen MR) is 142 cm³/mol. The van der Waals surface area contributed by atoms with E-state index < -0.39 is 36.3 Å². The maximum Gasteiger partial charge on any atom is 0.410 e. The van der Waals surface area contributed by atoms with E-state index >= 15 is 0 Å². The average molecular weight is 564 g/mol. The van der Waals surface area contributed by atoms with Gasteiger partial charge in [-0.1, -0.05) is 0 Å². The predicted octanol–water partition coefficient (Wildman–Crippen LogP) is 5.36. The van der Waals surface area contributed by atoms with Gasteiger partial charge < -0.3 is 24.2 Å². The topological polar surface area (TPSA) is 88.1 Å². The molecule has 2 aliphatic heterocycles. The van der Waals surface area contributed by atoms with Crippen molar-refractivity contribution in [2.24, 2.45) is 5.41 Å². The normalized spacial score (nSPS) is 16.8. The highest BCUT2D eigenvalue weighted by Gasteiger charge is 2.47. The van der Waals surface area contributed by atoms with Gasteiger partial charge in [-0.3, -0.25) is 4.79 Å². The molecule has 1 aromatic heterocycles. The van der Waals surface area contributed by atoms with Crippen LogP contribution in [-0.2, 0) is 4.74 Å². The lowest BCUT2D eigenvalue weighted by atomic mass is 9.72. The van der Waals surface area contributed by atoms with Gasteiger partial charge in [-0.15, -0.1) is 0 Å². The maximum atomic E-state index is 14.2. The Morgan fingerprint density at radius 1 is 1.12 bits per heavy atom. The van der Waals surface area contributed by atoms with Crippen LogP contribution in [-0.4, -0.2) is 82.6 Å². The zero-order valence-electron chi connectivity index (χ0n) is 23.5. The Balaban J connectivity index is 1.47. The second kappa shape index (κ2) is 11.5. The van der Waals surface area contributed by atoms with Crippen molar-refractivity contribution >= 4 is 17.8 Å². The molecule has 2 fully saturated rings. The first kappa shape index (κ1) is 29.4. The lowest BCUT2D eigenvalue weighted by molar-refractivity contribution is 0.00586.